The molecule has 2 aliphatic heterocycles. The van der Waals surface area contributed by atoms with Crippen molar-refractivity contribution >= 4 is 0 Å². The highest BCUT2D eigenvalue weighted by Gasteiger charge is 2.45. The lowest BCUT2D eigenvalue weighted by Crippen LogP contribution is -2.60. The molecule has 0 bridgehead atoms. The standard InChI is InChI=1S/C11H22N2O/c1-3-10(4-2)5-8-13-11(14-10)6-7-12-9-11/h12-13H,3-9H2,1-2H3. The molecule has 2 N–H and O–H groups in total. The van der Waals surface area contributed by atoms with E-state index >= 15 is 0 Å². The molecule has 2 fully saturated rings. The molecule has 0 aliphatic carbocycles. The van der Waals surface area contributed by atoms with Gasteiger partial charge in [-0.2, -0.15) is 0 Å². The van der Waals surface area contributed by atoms with Crippen LogP contribution in [-0.4, -0.2) is 31.0 Å². The first-order valence-corrected chi connectivity index (χ1v) is 5.90. The van der Waals surface area contributed by atoms with Crippen LogP contribution in [0.3, 0.4) is 0 Å². The lowest BCUT2D eigenvalue weighted by atomic mass is 9.90. The van der Waals surface area contributed by atoms with E-state index in [1.54, 1.807) is 0 Å². The summed E-state index contributed by atoms with van der Waals surface area (Å²) in [7, 11) is 0. The third-order valence-electron chi connectivity index (χ3n) is 3.84. The molecule has 0 amide bonds. The molecular formula is C11H22N2O. The molecule has 1 atom stereocenters. The molecule has 3 nitrogen and oxygen atoms in total. The van der Waals surface area contributed by atoms with Crippen molar-refractivity contribution in [3.8, 4) is 0 Å². The third kappa shape index (κ3) is 1.69. The number of nitrogens with one attached hydrogen (secondary N) is 2. The summed E-state index contributed by atoms with van der Waals surface area (Å²) >= 11 is 0. The highest BCUT2D eigenvalue weighted by Crippen LogP contribution is 2.35. The lowest BCUT2D eigenvalue weighted by Gasteiger charge is -2.46. The predicted molar refractivity (Wildman–Crippen MR) is 57.2 cm³/mol. The zero-order chi connectivity index (χ0) is 10.1. The second kappa shape index (κ2) is 3.80. The Bertz CT molecular complexity index is 191. The fourth-order valence-electron chi connectivity index (χ4n) is 2.67. The van der Waals surface area contributed by atoms with Gasteiger partial charge in [-0.1, -0.05) is 13.8 Å². The minimum absolute atomic E-state index is 0.0513. The van der Waals surface area contributed by atoms with Crippen molar-refractivity contribution < 1.29 is 4.74 Å². The average molecular weight is 198 g/mol. The summed E-state index contributed by atoms with van der Waals surface area (Å²) in [5.74, 6) is 0. The smallest absolute Gasteiger partial charge is 0.133 e. The van der Waals surface area contributed by atoms with Crippen LogP contribution >= 0.6 is 0 Å². The van der Waals surface area contributed by atoms with Gasteiger partial charge in [0.15, 0.2) is 0 Å². The van der Waals surface area contributed by atoms with Crippen molar-refractivity contribution in [3.05, 3.63) is 0 Å². The molecule has 0 aromatic heterocycles. The van der Waals surface area contributed by atoms with E-state index in [0.717, 1.165) is 45.3 Å². The molecule has 2 rings (SSSR count). The number of hydrogen-bond acceptors (Lipinski definition) is 3. The Labute approximate surface area is 86.6 Å². The molecule has 82 valence electrons. The summed E-state index contributed by atoms with van der Waals surface area (Å²) in [6.45, 7) is 7.63. The van der Waals surface area contributed by atoms with Crippen LogP contribution in [0.1, 0.15) is 39.5 Å². The summed E-state index contributed by atoms with van der Waals surface area (Å²) in [6.07, 6.45) is 4.52. The zero-order valence-electron chi connectivity index (χ0n) is 9.36. The van der Waals surface area contributed by atoms with Crippen molar-refractivity contribution in [1.82, 2.24) is 10.6 Å². The van der Waals surface area contributed by atoms with Gasteiger partial charge in [-0.15, -0.1) is 0 Å². The van der Waals surface area contributed by atoms with Gasteiger partial charge in [-0.3, -0.25) is 5.32 Å². The normalized spacial score (nSPS) is 36.4. The molecule has 0 radical (unpaired) electrons. The first-order valence-electron chi connectivity index (χ1n) is 5.90. The minimum atomic E-state index is -0.0513. The van der Waals surface area contributed by atoms with Crippen LogP contribution in [0.5, 0.6) is 0 Å². The van der Waals surface area contributed by atoms with Crippen LogP contribution in [0.25, 0.3) is 0 Å². The Morgan fingerprint density at radius 1 is 1.14 bits per heavy atom. The lowest BCUT2D eigenvalue weighted by molar-refractivity contribution is -0.194. The number of ether oxygens (including phenoxy) is 1. The maximum Gasteiger partial charge on any atom is 0.133 e. The van der Waals surface area contributed by atoms with Crippen LogP contribution in [0, 0.1) is 0 Å². The Hall–Kier alpha value is -0.120. The first-order chi connectivity index (χ1) is 6.74. The molecule has 2 aliphatic rings. The van der Waals surface area contributed by atoms with E-state index in [1.807, 2.05) is 0 Å². The maximum absolute atomic E-state index is 6.35. The van der Waals surface area contributed by atoms with Crippen molar-refractivity contribution in [2.24, 2.45) is 0 Å². The summed E-state index contributed by atoms with van der Waals surface area (Å²) < 4.78 is 6.35. The van der Waals surface area contributed by atoms with Crippen LogP contribution < -0.4 is 10.6 Å². The van der Waals surface area contributed by atoms with Gasteiger partial charge in [0.05, 0.1) is 5.60 Å². The molecule has 1 unspecified atom stereocenters. The van der Waals surface area contributed by atoms with E-state index in [-0.39, 0.29) is 11.3 Å². The monoisotopic (exact) mass is 198 g/mol. The molecule has 0 saturated carbocycles. The van der Waals surface area contributed by atoms with Gasteiger partial charge >= 0.3 is 0 Å². The molecule has 3 heteroatoms. The van der Waals surface area contributed by atoms with Gasteiger partial charge in [0.1, 0.15) is 5.72 Å². The van der Waals surface area contributed by atoms with Crippen LogP contribution in [0.2, 0.25) is 0 Å². The van der Waals surface area contributed by atoms with Crippen molar-refractivity contribution in [2.75, 3.05) is 19.6 Å². The number of rotatable bonds is 2. The fraction of sp³-hybridized carbons (Fsp3) is 1.00. The molecule has 0 aromatic rings. The molecule has 2 saturated heterocycles. The third-order valence-corrected chi connectivity index (χ3v) is 3.84. The number of hydrogen-bond donors (Lipinski definition) is 2. The summed E-state index contributed by atoms with van der Waals surface area (Å²) in [6, 6.07) is 0. The summed E-state index contributed by atoms with van der Waals surface area (Å²) in [5, 5.41) is 6.91. The van der Waals surface area contributed by atoms with Crippen LogP contribution in [-0.2, 0) is 4.74 Å². The van der Waals surface area contributed by atoms with Crippen LogP contribution in [0.4, 0.5) is 0 Å². The first kappa shape index (κ1) is 10.4. The van der Waals surface area contributed by atoms with Crippen LogP contribution in [0.15, 0.2) is 0 Å². The van der Waals surface area contributed by atoms with Gasteiger partial charge in [-0.05, 0) is 25.8 Å². The van der Waals surface area contributed by atoms with Crippen molar-refractivity contribution in [3.63, 3.8) is 0 Å². The second-order valence-electron chi connectivity index (χ2n) is 4.59. The molecule has 2 heterocycles. The van der Waals surface area contributed by atoms with Gasteiger partial charge < -0.3 is 10.1 Å². The topological polar surface area (TPSA) is 33.3 Å². The van der Waals surface area contributed by atoms with Crippen molar-refractivity contribution in [1.29, 1.82) is 0 Å². The Morgan fingerprint density at radius 2 is 1.93 bits per heavy atom. The van der Waals surface area contributed by atoms with Gasteiger partial charge in [0.2, 0.25) is 0 Å². The van der Waals surface area contributed by atoms with E-state index in [4.69, 9.17) is 4.74 Å². The Kier molecular flexibility index (Phi) is 2.82. The van der Waals surface area contributed by atoms with Crippen molar-refractivity contribution in [2.45, 2.75) is 50.9 Å². The SMILES string of the molecule is CCC1(CC)CCNC2(CCNC2)O1. The van der Waals surface area contributed by atoms with E-state index in [1.165, 1.54) is 0 Å². The highest BCUT2D eigenvalue weighted by molar-refractivity contribution is 4.96. The highest BCUT2D eigenvalue weighted by atomic mass is 16.5. The fourth-order valence-corrected chi connectivity index (χ4v) is 2.67. The zero-order valence-corrected chi connectivity index (χ0v) is 9.36. The van der Waals surface area contributed by atoms with E-state index in [2.05, 4.69) is 24.5 Å². The van der Waals surface area contributed by atoms with Gasteiger partial charge in [0, 0.05) is 19.5 Å². The van der Waals surface area contributed by atoms with E-state index in [9.17, 15) is 0 Å². The Morgan fingerprint density at radius 3 is 2.50 bits per heavy atom. The van der Waals surface area contributed by atoms with Gasteiger partial charge in [-0.25, -0.2) is 0 Å². The second-order valence-corrected chi connectivity index (χ2v) is 4.59. The largest absolute Gasteiger partial charge is 0.353 e. The van der Waals surface area contributed by atoms with E-state index < -0.39 is 0 Å². The molecule has 1 spiro atoms. The maximum atomic E-state index is 6.35. The molecular weight excluding hydrogens is 176 g/mol. The quantitative estimate of drug-likeness (QED) is 0.700. The minimum Gasteiger partial charge on any atom is -0.353 e. The van der Waals surface area contributed by atoms with E-state index in [0.29, 0.717) is 0 Å². The summed E-state index contributed by atoms with van der Waals surface area (Å²) in [5.41, 5.74) is 0.0849. The Balaban J connectivity index is 2.09. The van der Waals surface area contributed by atoms with Gasteiger partial charge in [0.25, 0.3) is 0 Å². The summed E-state index contributed by atoms with van der Waals surface area (Å²) in [4.78, 5) is 0. The molecule has 14 heavy (non-hydrogen) atoms. The average Bonchev–Trinajstić information content (AvgIpc) is 2.66. The predicted octanol–water partition coefficient (Wildman–Crippen LogP) is 1.24. The molecule has 0 aromatic carbocycles.